The van der Waals surface area contributed by atoms with Crippen molar-refractivity contribution in [2.45, 2.75) is 13.3 Å². The third kappa shape index (κ3) is 5.01. The van der Waals surface area contributed by atoms with Crippen LogP contribution in [0.15, 0.2) is 24.3 Å². The maximum Gasteiger partial charge on any atom is 0.309 e. The van der Waals surface area contributed by atoms with Gasteiger partial charge in [-0.1, -0.05) is 0 Å². The zero-order valence-electron chi connectivity index (χ0n) is 8.53. The molecule has 0 aliphatic rings. The van der Waals surface area contributed by atoms with Gasteiger partial charge in [0, 0.05) is 3.57 Å². The van der Waals surface area contributed by atoms with E-state index in [1.807, 2.05) is 24.3 Å². The molecule has 0 atom stereocenters. The zero-order chi connectivity index (χ0) is 11.1. The molecule has 0 saturated heterocycles. The number of hydrogen-bond donors (Lipinski definition) is 0. The predicted octanol–water partition coefficient (Wildman–Crippen LogP) is 2.62. The Hall–Kier alpha value is -0.780. The van der Waals surface area contributed by atoms with Crippen molar-refractivity contribution in [3.8, 4) is 5.75 Å². The normalized spacial score (nSPS) is 9.73. The van der Waals surface area contributed by atoms with Crippen molar-refractivity contribution in [3.05, 3.63) is 27.8 Å². The van der Waals surface area contributed by atoms with Gasteiger partial charge in [-0.15, -0.1) is 0 Å². The maximum atomic E-state index is 11.0. The van der Waals surface area contributed by atoms with Gasteiger partial charge in [-0.2, -0.15) is 0 Å². The van der Waals surface area contributed by atoms with Crippen molar-refractivity contribution >= 4 is 28.6 Å². The summed E-state index contributed by atoms with van der Waals surface area (Å²) in [6.45, 7) is 2.57. The van der Waals surface area contributed by atoms with Gasteiger partial charge in [-0.05, 0) is 53.8 Å². The van der Waals surface area contributed by atoms with Crippen molar-refractivity contribution in [1.29, 1.82) is 0 Å². The Balaban J connectivity index is 2.26. The minimum absolute atomic E-state index is 0.219. The lowest BCUT2D eigenvalue weighted by Gasteiger charge is -2.05. The van der Waals surface area contributed by atoms with Crippen LogP contribution in [0.4, 0.5) is 0 Å². The van der Waals surface area contributed by atoms with Gasteiger partial charge in [0.15, 0.2) is 0 Å². The topological polar surface area (TPSA) is 35.5 Å². The van der Waals surface area contributed by atoms with Crippen LogP contribution >= 0.6 is 22.6 Å². The summed E-state index contributed by atoms with van der Waals surface area (Å²) < 4.78 is 11.3. The fourth-order valence-electron chi connectivity index (χ4n) is 1.02. The Morgan fingerprint density at radius 2 is 2.00 bits per heavy atom. The monoisotopic (exact) mass is 320 g/mol. The number of halogens is 1. The summed E-state index contributed by atoms with van der Waals surface area (Å²) in [6, 6.07) is 7.68. The number of carbonyl (C=O) groups excluding carboxylic acids is 1. The number of carbonyl (C=O) groups is 1. The summed E-state index contributed by atoms with van der Waals surface area (Å²) in [6.07, 6.45) is 0.291. The smallest absolute Gasteiger partial charge is 0.309 e. The molecule has 82 valence electrons. The standard InChI is InChI=1S/C11H13IO3/c1-2-14-11(13)7-8-15-10-5-3-9(12)4-6-10/h3-6H,2,7-8H2,1H3. The molecule has 1 aromatic carbocycles. The van der Waals surface area contributed by atoms with Crippen molar-refractivity contribution in [3.63, 3.8) is 0 Å². The molecule has 0 aliphatic heterocycles. The molecular weight excluding hydrogens is 307 g/mol. The first-order valence-corrected chi connectivity index (χ1v) is 5.84. The van der Waals surface area contributed by atoms with Gasteiger partial charge in [0.2, 0.25) is 0 Å². The highest BCUT2D eigenvalue weighted by Gasteiger charge is 2.01. The molecule has 0 amide bonds. The van der Waals surface area contributed by atoms with Crippen LogP contribution in [0.25, 0.3) is 0 Å². The van der Waals surface area contributed by atoms with Crippen LogP contribution < -0.4 is 4.74 Å². The Bertz CT molecular complexity index is 308. The highest BCUT2D eigenvalue weighted by Crippen LogP contribution is 2.13. The number of rotatable bonds is 5. The molecule has 1 aromatic rings. The van der Waals surface area contributed by atoms with Gasteiger partial charge in [-0.25, -0.2) is 0 Å². The van der Waals surface area contributed by atoms with Crippen LogP contribution in [0.5, 0.6) is 5.75 Å². The molecule has 0 spiro atoms. The Morgan fingerprint density at radius 3 is 2.60 bits per heavy atom. The van der Waals surface area contributed by atoms with E-state index in [0.717, 1.165) is 9.32 Å². The maximum absolute atomic E-state index is 11.0. The van der Waals surface area contributed by atoms with Crippen molar-refractivity contribution in [2.75, 3.05) is 13.2 Å². The minimum Gasteiger partial charge on any atom is -0.493 e. The van der Waals surface area contributed by atoms with E-state index in [-0.39, 0.29) is 5.97 Å². The summed E-state index contributed by atoms with van der Waals surface area (Å²) in [5.41, 5.74) is 0. The van der Waals surface area contributed by atoms with Gasteiger partial charge in [0.05, 0.1) is 19.6 Å². The molecule has 15 heavy (non-hydrogen) atoms. The van der Waals surface area contributed by atoms with Crippen LogP contribution in [-0.2, 0) is 9.53 Å². The fourth-order valence-corrected chi connectivity index (χ4v) is 1.38. The summed E-state index contributed by atoms with van der Waals surface area (Å²) >= 11 is 2.23. The first kappa shape index (κ1) is 12.3. The van der Waals surface area contributed by atoms with E-state index >= 15 is 0 Å². The molecule has 0 N–H and O–H groups in total. The van der Waals surface area contributed by atoms with Crippen molar-refractivity contribution in [1.82, 2.24) is 0 Å². The van der Waals surface area contributed by atoms with Gasteiger partial charge in [-0.3, -0.25) is 4.79 Å². The van der Waals surface area contributed by atoms with Crippen LogP contribution in [-0.4, -0.2) is 19.2 Å². The molecule has 1 rings (SSSR count). The SMILES string of the molecule is CCOC(=O)CCOc1ccc(I)cc1. The number of benzene rings is 1. The van der Waals surface area contributed by atoms with E-state index in [9.17, 15) is 4.79 Å². The molecule has 0 heterocycles. The lowest BCUT2D eigenvalue weighted by Crippen LogP contribution is -2.09. The number of hydrogen-bond acceptors (Lipinski definition) is 3. The van der Waals surface area contributed by atoms with Gasteiger partial charge in [0.1, 0.15) is 5.75 Å². The second-order valence-electron chi connectivity index (χ2n) is 2.86. The van der Waals surface area contributed by atoms with E-state index < -0.39 is 0 Å². The van der Waals surface area contributed by atoms with Crippen molar-refractivity contribution in [2.24, 2.45) is 0 Å². The first-order valence-electron chi connectivity index (χ1n) is 4.76. The van der Waals surface area contributed by atoms with Crippen LogP contribution in [0, 0.1) is 3.57 Å². The quantitative estimate of drug-likeness (QED) is 0.618. The Morgan fingerprint density at radius 1 is 1.33 bits per heavy atom. The minimum atomic E-state index is -0.219. The van der Waals surface area contributed by atoms with E-state index in [0.29, 0.717) is 19.6 Å². The van der Waals surface area contributed by atoms with Crippen LogP contribution in [0.2, 0.25) is 0 Å². The van der Waals surface area contributed by atoms with E-state index in [4.69, 9.17) is 9.47 Å². The highest BCUT2D eigenvalue weighted by molar-refractivity contribution is 14.1. The highest BCUT2D eigenvalue weighted by atomic mass is 127. The van der Waals surface area contributed by atoms with Crippen LogP contribution in [0.1, 0.15) is 13.3 Å². The molecule has 0 aromatic heterocycles. The van der Waals surface area contributed by atoms with Gasteiger partial charge < -0.3 is 9.47 Å². The molecule has 0 radical (unpaired) electrons. The average Bonchev–Trinajstić information content (AvgIpc) is 2.21. The lowest BCUT2D eigenvalue weighted by molar-refractivity contribution is -0.143. The predicted molar refractivity (Wildman–Crippen MR) is 65.9 cm³/mol. The molecule has 0 bridgehead atoms. The summed E-state index contributed by atoms with van der Waals surface area (Å²) in [7, 11) is 0. The lowest BCUT2D eigenvalue weighted by atomic mass is 10.3. The number of ether oxygens (including phenoxy) is 2. The largest absolute Gasteiger partial charge is 0.493 e. The Labute approximate surface area is 103 Å². The second-order valence-corrected chi connectivity index (χ2v) is 4.10. The molecule has 0 aliphatic carbocycles. The summed E-state index contributed by atoms with van der Waals surface area (Å²) in [4.78, 5) is 11.0. The first-order chi connectivity index (χ1) is 7.22. The molecule has 0 saturated carbocycles. The summed E-state index contributed by atoms with van der Waals surface area (Å²) in [5, 5.41) is 0. The third-order valence-electron chi connectivity index (χ3n) is 1.69. The molecule has 0 unspecified atom stereocenters. The van der Waals surface area contributed by atoms with Gasteiger partial charge >= 0.3 is 5.97 Å². The van der Waals surface area contributed by atoms with Crippen molar-refractivity contribution < 1.29 is 14.3 Å². The summed E-state index contributed by atoms with van der Waals surface area (Å²) in [5.74, 6) is 0.558. The molecular formula is C11H13IO3. The second kappa shape index (κ2) is 6.66. The fraction of sp³-hybridized carbons (Fsp3) is 0.364. The molecule has 4 heteroatoms. The van der Waals surface area contributed by atoms with Crippen LogP contribution in [0.3, 0.4) is 0 Å². The zero-order valence-corrected chi connectivity index (χ0v) is 10.7. The Kier molecular flexibility index (Phi) is 5.45. The van der Waals surface area contributed by atoms with Gasteiger partial charge in [0.25, 0.3) is 0 Å². The van der Waals surface area contributed by atoms with E-state index in [1.54, 1.807) is 6.92 Å². The molecule has 3 nitrogen and oxygen atoms in total. The van der Waals surface area contributed by atoms with E-state index in [1.165, 1.54) is 0 Å². The third-order valence-corrected chi connectivity index (χ3v) is 2.41. The molecule has 0 fully saturated rings. The van der Waals surface area contributed by atoms with E-state index in [2.05, 4.69) is 22.6 Å². The average molecular weight is 320 g/mol. The number of esters is 1.